The van der Waals surface area contributed by atoms with Crippen molar-refractivity contribution in [1.29, 1.82) is 0 Å². The van der Waals surface area contributed by atoms with E-state index in [4.69, 9.17) is 10.5 Å². The highest BCUT2D eigenvalue weighted by atomic mass is 16.6. The van der Waals surface area contributed by atoms with E-state index in [2.05, 4.69) is 10.6 Å². The Kier molecular flexibility index (Phi) is 9.65. The quantitative estimate of drug-likeness (QED) is 0.404. The van der Waals surface area contributed by atoms with Gasteiger partial charge < -0.3 is 31.1 Å². The predicted octanol–water partition coefficient (Wildman–Crippen LogP) is 3.39. The molecular formula is C27H36N4O6. The maximum Gasteiger partial charge on any atom is 0.408 e. The zero-order valence-electron chi connectivity index (χ0n) is 22.1. The van der Waals surface area contributed by atoms with Crippen LogP contribution in [0.15, 0.2) is 48.5 Å². The summed E-state index contributed by atoms with van der Waals surface area (Å²) in [5.41, 5.74) is 6.34. The highest BCUT2D eigenvalue weighted by Gasteiger charge is 2.38. The number of phenols is 1. The summed E-state index contributed by atoms with van der Waals surface area (Å²) in [5.74, 6) is -2.04. The van der Waals surface area contributed by atoms with Crippen molar-refractivity contribution in [3.8, 4) is 5.75 Å². The molecule has 0 bridgehead atoms. The molecule has 0 spiro atoms. The van der Waals surface area contributed by atoms with Crippen LogP contribution in [0.4, 0.5) is 10.5 Å². The van der Waals surface area contributed by atoms with Crippen molar-refractivity contribution in [2.75, 3.05) is 5.32 Å². The number of nitrogens with two attached hydrogens (primary N) is 1. The SMILES string of the molecule is Cc1ccccc1NC(=O)C(c1ccc(O)cc1)N(C(=O)C(CC(N)=O)NC(=O)OC(C)(C)C)C(C)C. The summed E-state index contributed by atoms with van der Waals surface area (Å²) in [6, 6.07) is 9.99. The summed E-state index contributed by atoms with van der Waals surface area (Å²) in [6.07, 6.45) is -1.40. The minimum absolute atomic E-state index is 0.0116. The molecule has 0 heterocycles. The van der Waals surface area contributed by atoms with E-state index in [1.165, 1.54) is 29.2 Å². The first-order valence-electron chi connectivity index (χ1n) is 11.9. The zero-order valence-corrected chi connectivity index (χ0v) is 22.1. The predicted molar refractivity (Wildman–Crippen MR) is 140 cm³/mol. The molecule has 4 amide bonds. The van der Waals surface area contributed by atoms with E-state index >= 15 is 0 Å². The lowest BCUT2D eigenvalue weighted by Gasteiger charge is -2.37. The molecule has 0 aliphatic carbocycles. The number of ether oxygens (including phenoxy) is 1. The molecule has 0 aliphatic rings. The van der Waals surface area contributed by atoms with Crippen LogP contribution in [0.25, 0.3) is 0 Å². The molecule has 0 radical (unpaired) electrons. The Morgan fingerprint density at radius 3 is 2.14 bits per heavy atom. The summed E-state index contributed by atoms with van der Waals surface area (Å²) in [7, 11) is 0. The number of aryl methyl sites for hydroxylation is 1. The Balaban J connectivity index is 2.52. The molecule has 0 aromatic heterocycles. The van der Waals surface area contributed by atoms with Crippen molar-refractivity contribution in [3.63, 3.8) is 0 Å². The molecular weight excluding hydrogens is 476 g/mol. The van der Waals surface area contributed by atoms with E-state index in [-0.39, 0.29) is 5.75 Å². The van der Waals surface area contributed by atoms with Crippen LogP contribution in [0.5, 0.6) is 5.75 Å². The molecule has 0 aliphatic heterocycles. The maximum absolute atomic E-state index is 13.8. The van der Waals surface area contributed by atoms with Crippen LogP contribution in [0.3, 0.4) is 0 Å². The van der Waals surface area contributed by atoms with E-state index in [9.17, 15) is 24.3 Å². The van der Waals surface area contributed by atoms with E-state index in [1.54, 1.807) is 46.8 Å². The van der Waals surface area contributed by atoms with Gasteiger partial charge in [0, 0.05) is 11.7 Å². The van der Waals surface area contributed by atoms with Gasteiger partial charge in [-0.05, 0) is 70.9 Å². The standard InChI is InChI=1S/C27H36N4O6/c1-16(2)31(25(35)21(15-22(28)33)30-26(36)37-27(4,5)6)23(18-11-13-19(32)14-12-18)24(34)29-20-10-8-7-9-17(20)3/h7-14,16,21,23,32H,15H2,1-6H3,(H2,28,33)(H,29,34)(H,30,36). The number of hydrogen-bond acceptors (Lipinski definition) is 6. The van der Waals surface area contributed by atoms with Gasteiger partial charge in [0.25, 0.3) is 5.91 Å². The van der Waals surface area contributed by atoms with Gasteiger partial charge in [0.1, 0.15) is 23.4 Å². The van der Waals surface area contributed by atoms with Gasteiger partial charge in [0.15, 0.2) is 0 Å². The number of amides is 4. The van der Waals surface area contributed by atoms with Crippen molar-refractivity contribution >= 4 is 29.5 Å². The van der Waals surface area contributed by atoms with Crippen LogP contribution < -0.4 is 16.4 Å². The van der Waals surface area contributed by atoms with Crippen molar-refractivity contribution in [1.82, 2.24) is 10.2 Å². The number of nitrogens with zero attached hydrogens (tertiary/aromatic N) is 1. The molecule has 0 saturated heterocycles. The molecule has 5 N–H and O–H groups in total. The first kappa shape index (κ1) is 29.2. The summed E-state index contributed by atoms with van der Waals surface area (Å²) < 4.78 is 5.26. The Bertz CT molecular complexity index is 1120. The van der Waals surface area contributed by atoms with Crippen molar-refractivity contribution < 1.29 is 29.0 Å². The third-order valence-electron chi connectivity index (χ3n) is 5.34. The maximum atomic E-state index is 13.8. The van der Waals surface area contributed by atoms with Gasteiger partial charge in [-0.3, -0.25) is 14.4 Å². The molecule has 2 aromatic rings. The Morgan fingerprint density at radius 2 is 1.62 bits per heavy atom. The molecule has 10 nitrogen and oxygen atoms in total. The molecule has 37 heavy (non-hydrogen) atoms. The van der Waals surface area contributed by atoms with Gasteiger partial charge in [0.2, 0.25) is 11.8 Å². The van der Waals surface area contributed by atoms with E-state index < -0.39 is 54.0 Å². The highest BCUT2D eigenvalue weighted by molar-refractivity contribution is 6.00. The average molecular weight is 513 g/mol. The second kappa shape index (κ2) is 12.2. The number of phenolic OH excluding ortho intramolecular Hbond substituents is 1. The minimum Gasteiger partial charge on any atom is -0.508 e. The van der Waals surface area contributed by atoms with Crippen LogP contribution in [0.2, 0.25) is 0 Å². The number of carbonyl (C=O) groups is 4. The summed E-state index contributed by atoms with van der Waals surface area (Å²) in [5, 5.41) is 15.1. The van der Waals surface area contributed by atoms with Crippen molar-refractivity contribution in [2.45, 2.75) is 71.7 Å². The minimum atomic E-state index is -1.37. The van der Waals surface area contributed by atoms with Gasteiger partial charge in [-0.15, -0.1) is 0 Å². The molecule has 200 valence electrons. The molecule has 0 fully saturated rings. The largest absolute Gasteiger partial charge is 0.508 e. The lowest BCUT2D eigenvalue weighted by molar-refractivity contribution is -0.143. The normalized spacial score (nSPS) is 12.8. The van der Waals surface area contributed by atoms with Gasteiger partial charge in [-0.2, -0.15) is 0 Å². The van der Waals surface area contributed by atoms with Gasteiger partial charge in [-0.1, -0.05) is 30.3 Å². The highest BCUT2D eigenvalue weighted by Crippen LogP contribution is 2.28. The molecule has 2 aromatic carbocycles. The molecule has 2 rings (SSSR count). The summed E-state index contributed by atoms with van der Waals surface area (Å²) in [4.78, 5) is 53.1. The van der Waals surface area contributed by atoms with E-state index in [0.29, 0.717) is 11.3 Å². The number of aromatic hydroxyl groups is 1. The fraction of sp³-hybridized carbons (Fsp3) is 0.407. The number of anilines is 1. The topological polar surface area (TPSA) is 151 Å². The monoisotopic (exact) mass is 512 g/mol. The number of carbonyl (C=O) groups excluding carboxylic acids is 4. The van der Waals surface area contributed by atoms with E-state index in [0.717, 1.165) is 5.56 Å². The van der Waals surface area contributed by atoms with Crippen LogP contribution in [0, 0.1) is 6.92 Å². The smallest absolute Gasteiger partial charge is 0.408 e. The fourth-order valence-electron chi connectivity index (χ4n) is 3.72. The average Bonchev–Trinajstić information content (AvgIpc) is 2.77. The van der Waals surface area contributed by atoms with E-state index in [1.807, 2.05) is 19.1 Å². The number of benzene rings is 2. The molecule has 10 heteroatoms. The Morgan fingerprint density at radius 1 is 1.03 bits per heavy atom. The van der Waals surface area contributed by atoms with Crippen LogP contribution in [-0.2, 0) is 19.1 Å². The van der Waals surface area contributed by atoms with Gasteiger partial charge in [-0.25, -0.2) is 4.79 Å². The third kappa shape index (κ3) is 8.52. The lowest BCUT2D eigenvalue weighted by Crippen LogP contribution is -2.55. The van der Waals surface area contributed by atoms with Crippen molar-refractivity contribution in [2.24, 2.45) is 5.73 Å². The second-order valence-corrected chi connectivity index (χ2v) is 10.0. The Hall–Kier alpha value is -4.08. The van der Waals surface area contributed by atoms with Crippen LogP contribution in [-0.4, -0.2) is 51.5 Å². The zero-order chi connectivity index (χ0) is 27.9. The summed E-state index contributed by atoms with van der Waals surface area (Å²) >= 11 is 0. The van der Waals surface area contributed by atoms with Gasteiger partial charge in [0.05, 0.1) is 6.42 Å². The molecule has 0 saturated carbocycles. The number of primary amides is 1. The third-order valence-corrected chi connectivity index (χ3v) is 5.34. The number of para-hydroxylation sites is 1. The van der Waals surface area contributed by atoms with Crippen LogP contribution in [0.1, 0.15) is 58.2 Å². The number of nitrogens with one attached hydrogen (secondary N) is 2. The Labute approximate surface area is 217 Å². The molecule has 2 unspecified atom stereocenters. The second-order valence-electron chi connectivity index (χ2n) is 10.0. The molecule has 2 atom stereocenters. The number of rotatable bonds is 9. The number of alkyl carbamates (subject to hydrolysis) is 1. The number of hydrogen-bond donors (Lipinski definition) is 4. The fourth-order valence-corrected chi connectivity index (χ4v) is 3.72. The first-order chi connectivity index (χ1) is 17.2. The van der Waals surface area contributed by atoms with Crippen LogP contribution >= 0.6 is 0 Å². The first-order valence-corrected chi connectivity index (χ1v) is 11.9. The summed E-state index contributed by atoms with van der Waals surface area (Å²) in [6.45, 7) is 10.2. The lowest BCUT2D eigenvalue weighted by atomic mass is 10.00. The van der Waals surface area contributed by atoms with Crippen molar-refractivity contribution in [3.05, 3.63) is 59.7 Å². The van der Waals surface area contributed by atoms with Gasteiger partial charge >= 0.3 is 6.09 Å².